The first-order valence-electron chi connectivity index (χ1n) is 10.2. The number of carbonyl (C=O) groups is 2. The number of nitrogens with zero attached hydrogens (tertiary/aromatic N) is 1. The van der Waals surface area contributed by atoms with Gasteiger partial charge in [-0.1, -0.05) is 45.9 Å². The van der Waals surface area contributed by atoms with E-state index in [4.69, 9.17) is 9.73 Å². The highest BCUT2D eigenvalue weighted by Gasteiger charge is 2.57. The summed E-state index contributed by atoms with van der Waals surface area (Å²) in [7, 11) is 0. The van der Waals surface area contributed by atoms with E-state index in [0.717, 1.165) is 17.3 Å². The van der Waals surface area contributed by atoms with Crippen molar-refractivity contribution < 1.29 is 18.7 Å². The molecule has 1 unspecified atom stereocenters. The number of aliphatic imine (C=N–C) groups is 1. The van der Waals surface area contributed by atoms with E-state index in [1.54, 1.807) is 36.4 Å². The van der Waals surface area contributed by atoms with Crippen molar-refractivity contribution in [3.05, 3.63) is 69.9 Å². The highest BCUT2D eigenvalue weighted by Crippen LogP contribution is 2.50. The SMILES string of the molecule is O=C(NC1=N[C@@]2(c3cc(Br)ccc3F)CO[C@H](C(=O)C3CC3)C2CS1)c1ccccc1. The number of ketones is 1. The van der Waals surface area contributed by atoms with Gasteiger partial charge in [-0.15, -0.1) is 0 Å². The minimum absolute atomic E-state index is 0.0429. The third kappa shape index (κ3) is 3.85. The van der Waals surface area contributed by atoms with Gasteiger partial charge in [0.2, 0.25) is 0 Å². The van der Waals surface area contributed by atoms with Gasteiger partial charge in [0.25, 0.3) is 5.91 Å². The summed E-state index contributed by atoms with van der Waals surface area (Å²) in [5.41, 5.74) is -0.169. The van der Waals surface area contributed by atoms with Gasteiger partial charge in [-0.25, -0.2) is 9.38 Å². The molecule has 1 amide bonds. The van der Waals surface area contributed by atoms with E-state index in [1.165, 1.54) is 17.8 Å². The van der Waals surface area contributed by atoms with E-state index in [9.17, 15) is 9.59 Å². The van der Waals surface area contributed by atoms with Crippen molar-refractivity contribution >= 4 is 44.5 Å². The molecule has 2 aromatic carbocycles. The lowest BCUT2D eigenvalue weighted by atomic mass is 9.77. The lowest BCUT2D eigenvalue weighted by Gasteiger charge is -2.36. The number of ether oxygens (including phenoxy) is 1. The summed E-state index contributed by atoms with van der Waals surface area (Å²) in [4.78, 5) is 30.4. The van der Waals surface area contributed by atoms with Crippen LogP contribution in [0, 0.1) is 17.7 Å². The number of carbonyl (C=O) groups excluding carboxylic acids is 2. The largest absolute Gasteiger partial charge is 0.367 e. The molecule has 2 aliphatic heterocycles. The zero-order chi connectivity index (χ0) is 21.6. The molecule has 1 saturated carbocycles. The fraction of sp³-hybridized carbons (Fsp3) is 0.348. The first kappa shape index (κ1) is 20.8. The number of hydrogen-bond acceptors (Lipinski definition) is 5. The fourth-order valence-electron chi connectivity index (χ4n) is 4.28. The molecule has 0 radical (unpaired) electrons. The van der Waals surface area contributed by atoms with Crippen LogP contribution in [0.15, 0.2) is 58.0 Å². The van der Waals surface area contributed by atoms with E-state index in [0.29, 0.717) is 22.0 Å². The third-order valence-corrected chi connectivity index (χ3v) is 7.56. The van der Waals surface area contributed by atoms with Gasteiger partial charge >= 0.3 is 0 Å². The number of halogens is 2. The molecule has 31 heavy (non-hydrogen) atoms. The van der Waals surface area contributed by atoms with Crippen LogP contribution >= 0.6 is 27.7 Å². The number of benzene rings is 2. The summed E-state index contributed by atoms with van der Waals surface area (Å²) >= 11 is 4.79. The third-order valence-electron chi connectivity index (χ3n) is 6.07. The maximum atomic E-state index is 15.0. The Kier molecular flexibility index (Phi) is 5.48. The van der Waals surface area contributed by atoms with Gasteiger partial charge in [-0.05, 0) is 43.2 Å². The van der Waals surface area contributed by atoms with Gasteiger partial charge in [-0.2, -0.15) is 0 Å². The maximum Gasteiger partial charge on any atom is 0.257 e. The molecule has 2 aromatic rings. The van der Waals surface area contributed by atoms with Crippen molar-refractivity contribution in [2.75, 3.05) is 12.4 Å². The lowest BCUT2D eigenvalue weighted by Crippen LogP contribution is -2.46. The maximum absolute atomic E-state index is 15.0. The summed E-state index contributed by atoms with van der Waals surface area (Å²) in [5, 5.41) is 3.26. The number of Topliss-reactive ketones (excluding diaryl/α,β-unsaturated/α-hetero) is 1. The first-order chi connectivity index (χ1) is 15.0. The Hall–Kier alpha value is -2.03. The second kappa shape index (κ2) is 8.15. The highest BCUT2D eigenvalue weighted by molar-refractivity contribution is 9.10. The van der Waals surface area contributed by atoms with Gasteiger partial charge in [0, 0.05) is 33.2 Å². The van der Waals surface area contributed by atoms with Crippen LogP contribution in [-0.2, 0) is 15.1 Å². The summed E-state index contributed by atoms with van der Waals surface area (Å²) in [6.07, 6.45) is 1.17. The number of thioether (sulfide) groups is 1. The van der Waals surface area contributed by atoms with Crippen molar-refractivity contribution in [2.45, 2.75) is 24.5 Å². The van der Waals surface area contributed by atoms with Crippen LogP contribution in [0.25, 0.3) is 0 Å². The molecule has 0 spiro atoms. The van der Waals surface area contributed by atoms with Crippen molar-refractivity contribution in [1.82, 2.24) is 5.32 Å². The molecule has 3 atom stereocenters. The highest BCUT2D eigenvalue weighted by atomic mass is 79.9. The van der Waals surface area contributed by atoms with E-state index < -0.39 is 17.5 Å². The Labute approximate surface area is 192 Å². The standard InChI is InChI=1S/C23H20BrFN2O3S/c24-15-8-9-18(25)16(10-15)23-12-30-20(19(28)13-6-7-13)17(23)11-31-22(27-23)26-21(29)14-4-2-1-3-5-14/h1-5,8-10,13,17,20H,6-7,11-12H2,(H,26,27,29)/t17?,20-,23+/m0/s1. The van der Waals surface area contributed by atoms with E-state index in [2.05, 4.69) is 21.2 Å². The zero-order valence-corrected chi connectivity index (χ0v) is 18.9. The van der Waals surface area contributed by atoms with Crippen LogP contribution in [0.2, 0.25) is 0 Å². The molecule has 0 bridgehead atoms. The second-order valence-corrected chi connectivity index (χ2v) is 10.0. The van der Waals surface area contributed by atoms with Gasteiger partial charge in [-0.3, -0.25) is 9.59 Å². The second-order valence-electron chi connectivity index (χ2n) is 8.11. The zero-order valence-electron chi connectivity index (χ0n) is 16.5. The van der Waals surface area contributed by atoms with Crippen molar-refractivity contribution in [2.24, 2.45) is 16.8 Å². The summed E-state index contributed by atoms with van der Waals surface area (Å²) in [6.45, 7) is 0.0967. The molecule has 1 saturated heterocycles. The quantitative estimate of drug-likeness (QED) is 0.676. The fourth-order valence-corrected chi connectivity index (χ4v) is 5.82. The van der Waals surface area contributed by atoms with Gasteiger partial charge in [0.1, 0.15) is 17.5 Å². The predicted molar refractivity (Wildman–Crippen MR) is 121 cm³/mol. The normalized spacial score (nSPS) is 27.4. The monoisotopic (exact) mass is 502 g/mol. The molecular formula is C23H20BrFN2O3S. The molecule has 5 nitrogen and oxygen atoms in total. The lowest BCUT2D eigenvalue weighted by molar-refractivity contribution is -0.130. The number of rotatable bonds is 4. The molecule has 5 rings (SSSR count). The number of amidine groups is 1. The van der Waals surface area contributed by atoms with Gasteiger partial charge in [0.05, 0.1) is 6.61 Å². The molecule has 3 aliphatic rings. The first-order valence-corrected chi connectivity index (χ1v) is 12.0. The number of hydrogen-bond donors (Lipinski definition) is 1. The molecule has 0 aromatic heterocycles. The van der Waals surface area contributed by atoms with Crippen molar-refractivity contribution in [3.63, 3.8) is 0 Å². The number of nitrogens with one attached hydrogen (secondary N) is 1. The van der Waals surface area contributed by atoms with Crippen LogP contribution in [0.4, 0.5) is 4.39 Å². The molecule has 160 valence electrons. The Morgan fingerprint density at radius 2 is 1.97 bits per heavy atom. The van der Waals surface area contributed by atoms with Crippen LogP contribution in [-0.4, -0.2) is 35.3 Å². The average Bonchev–Trinajstić information content (AvgIpc) is 3.56. The summed E-state index contributed by atoms with van der Waals surface area (Å²) < 4.78 is 21.7. The van der Waals surface area contributed by atoms with Crippen LogP contribution < -0.4 is 5.32 Å². The Morgan fingerprint density at radius 1 is 1.19 bits per heavy atom. The van der Waals surface area contributed by atoms with E-state index in [-0.39, 0.29) is 30.1 Å². The van der Waals surface area contributed by atoms with Crippen molar-refractivity contribution in [3.8, 4) is 0 Å². The van der Waals surface area contributed by atoms with Gasteiger partial charge < -0.3 is 10.1 Å². The summed E-state index contributed by atoms with van der Waals surface area (Å²) in [5.74, 6) is -0.341. The molecular weight excluding hydrogens is 483 g/mol. The minimum Gasteiger partial charge on any atom is -0.367 e. The Balaban J connectivity index is 1.53. The number of amides is 1. The molecule has 2 fully saturated rings. The van der Waals surface area contributed by atoms with E-state index >= 15 is 4.39 Å². The Bertz CT molecular complexity index is 1080. The summed E-state index contributed by atoms with van der Waals surface area (Å²) in [6, 6.07) is 13.6. The molecule has 1 aliphatic carbocycles. The predicted octanol–water partition coefficient (Wildman–Crippen LogP) is 4.31. The number of fused-ring (bicyclic) bond motifs is 1. The van der Waals surface area contributed by atoms with Crippen LogP contribution in [0.1, 0.15) is 28.8 Å². The Morgan fingerprint density at radius 3 is 2.71 bits per heavy atom. The molecule has 2 heterocycles. The van der Waals surface area contributed by atoms with Crippen LogP contribution in [0.3, 0.4) is 0 Å². The van der Waals surface area contributed by atoms with Crippen molar-refractivity contribution in [1.29, 1.82) is 0 Å². The van der Waals surface area contributed by atoms with Gasteiger partial charge in [0.15, 0.2) is 11.0 Å². The topological polar surface area (TPSA) is 67.8 Å². The van der Waals surface area contributed by atoms with Crippen LogP contribution in [0.5, 0.6) is 0 Å². The smallest absolute Gasteiger partial charge is 0.257 e. The van der Waals surface area contributed by atoms with E-state index in [1.807, 2.05) is 6.07 Å². The molecule has 8 heteroatoms. The average molecular weight is 503 g/mol. The minimum atomic E-state index is -1.06. The molecule has 1 N–H and O–H groups in total.